The summed E-state index contributed by atoms with van der Waals surface area (Å²) in [6.45, 7) is 5.90. The van der Waals surface area contributed by atoms with Crippen molar-refractivity contribution in [2.24, 2.45) is 30.4 Å². The molecule has 2 saturated heterocycles. The van der Waals surface area contributed by atoms with Crippen molar-refractivity contribution in [1.29, 1.82) is 0 Å². The van der Waals surface area contributed by atoms with E-state index in [0.29, 0.717) is 0 Å². The number of nitrogens with zero attached hydrogens (tertiary/aromatic N) is 8. The summed E-state index contributed by atoms with van der Waals surface area (Å²) in [4.78, 5) is 14.8. The Morgan fingerprint density at radius 1 is 0.477 bits per heavy atom. The zero-order chi connectivity index (χ0) is 30.1. The van der Waals surface area contributed by atoms with Crippen molar-refractivity contribution in [3.8, 4) is 0 Å². The molecule has 4 atom stereocenters. The Bertz CT molecular complexity index is 1490. The maximum atomic E-state index is 5.04. The highest BCUT2D eigenvalue weighted by molar-refractivity contribution is 8.15. The van der Waals surface area contributed by atoms with E-state index in [9.17, 15) is 0 Å². The molecule has 0 N–H and O–H groups in total. The summed E-state index contributed by atoms with van der Waals surface area (Å²) in [6.07, 6.45) is 0. The van der Waals surface area contributed by atoms with Gasteiger partial charge < -0.3 is 9.80 Å². The molecule has 0 bridgehead atoms. The number of aliphatic imine (C=N–C) groups is 2. The van der Waals surface area contributed by atoms with E-state index in [4.69, 9.17) is 20.2 Å². The first-order chi connectivity index (χ1) is 21.6. The zero-order valence-corrected chi connectivity index (χ0v) is 26.3. The van der Waals surface area contributed by atoms with Crippen LogP contribution in [0.25, 0.3) is 0 Å². The van der Waals surface area contributed by atoms with Gasteiger partial charge in [-0.05, 0) is 62.4 Å². The Morgan fingerprint density at radius 2 is 0.795 bits per heavy atom. The third-order valence-corrected chi connectivity index (χ3v) is 9.91. The maximum Gasteiger partial charge on any atom is 0.167 e. The topological polar surface area (TPSA) is 80.6 Å². The van der Waals surface area contributed by atoms with Gasteiger partial charge in [-0.2, -0.15) is 20.5 Å². The van der Waals surface area contributed by atoms with E-state index >= 15 is 0 Å². The Balaban J connectivity index is 1.24. The molecule has 2 heterocycles. The molecule has 6 rings (SSSR count). The molecule has 0 saturated carbocycles. The quantitative estimate of drug-likeness (QED) is 0.175. The molecule has 0 aromatic heterocycles. The predicted molar refractivity (Wildman–Crippen MR) is 184 cm³/mol. The van der Waals surface area contributed by atoms with Gasteiger partial charge in [-0.25, -0.2) is 9.98 Å². The third kappa shape index (κ3) is 7.43. The highest BCUT2D eigenvalue weighted by Gasteiger charge is 2.40. The number of rotatable bonds is 9. The fraction of sp³-hybridized carbons (Fsp3) is 0.235. The van der Waals surface area contributed by atoms with Crippen LogP contribution in [0.15, 0.2) is 152 Å². The van der Waals surface area contributed by atoms with Crippen LogP contribution in [0.1, 0.15) is 13.8 Å². The van der Waals surface area contributed by atoms with Gasteiger partial charge in [-0.15, -0.1) is 0 Å². The van der Waals surface area contributed by atoms with Gasteiger partial charge in [0.05, 0.1) is 34.8 Å². The van der Waals surface area contributed by atoms with Gasteiger partial charge in [-0.1, -0.05) is 96.3 Å². The molecule has 2 aliphatic heterocycles. The molecule has 4 aromatic carbocycles. The van der Waals surface area contributed by atoms with E-state index in [1.807, 2.05) is 121 Å². The average molecular weight is 619 g/mol. The smallest absolute Gasteiger partial charge is 0.167 e. The molecule has 222 valence electrons. The first-order valence-electron chi connectivity index (χ1n) is 14.7. The van der Waals surface area contributed by atoms with Crippen LogP contribution in [0.3, 0.4) is 0 Å². The molecular weight excluding hydrogens is 585 g/mol. The van der Waals surface area contributed by atoms with Crippen molar-refractivity contribution in [1.82, 2.24) is 9.80 Å². The molecular formula is C34H34N8S2. The minimum Gasteiger partial charge on any atom is -0.344 e. The highest BCUT2D eigenvalue weighted by Crippen LogP contribution is 2.38. The van der Waals surface area contributed by atoms with E-state index in [1.54, 1.807) is 23.5 Å². The molecule has 4 aromatic rings. The number of benzene rings is 4. The number of hydrogen-bond acceptors (Lipinski definition) is 8. The molecule has 0 radical (unpaired) electrons. The Morgan fingerprint density at radius 3 is 1.14 bits per heavy atom. The minimum atomic E-state index is -0.0760. The lowest BCUT2D eigenvalue weighted by Crippen LogP contribution is -2.43. The molecule has 4 unspecified atom stereocenters. The van der Waals surface area contributed by atoms with Crippen LogP contribution in [0.4, 0.5) is 22.7 Å². The molecule has 44 heavy (non-hydrogen) atoms. The first-order valence-corrected chi connectivity index (χ1v) is 16.5. The van der Waals surface area contributed by atoms with Crippen molar-refractivity contribution < 1.29 is 0 Å². The van der Waals surface area contributed by atoms with Crippen LogP contribution >= 0.6 is 23.5 Å². The van der Waals surface area contributed by atoms with E-state index in [0.717, 1.165) is 46.2 Å². The predicted octanol–water partition coefficient (Wildman–Crippen LogP) is 9.46. The second-order valence-corrected chi connectivity index (χ2v) is 12.6. The van der Waals surface area contributed by atoms with Gasteiger partial charge in [0.2, 0.25) is 0 Å². The SMILES string of the molecule is CC1C(N=Nc2ccccc2)SC(=Nc2ccccc2)N1CCN1C(=Nc2ccccc2)SC(N=Nc2ccccc2)C1C. The van der Waals surface area contributed by atoms with Gasteiger partial charge in [0.15, 0.2) is 10.3 Å². The van der Waals surface area contributed by atoms with Gasteiger partial charge in [0.1, 0.15) is 10.7 Å². The Kier molecular flexibility index (Phi) is 9.79. The second kappa shape index (κ2) is 14.5. The largest absolute Gasteiger partial charge is 0.344 e. The third-order valence-electron chi connectivity index (χ3n) is 7.38. The average Bonchev–Trinajstić information content (AvgIpc) is 3.53. The summed E-state index contributed by atoms with van der Waals surface area (Å²) < 4.78 is 0. The molecule has 0 amide bonds. The standard InChI is InChI=1S/C34H34N8S2/c1-25-31(39-37-29-19-11-5-12-20-29)43-33(35-27-15-7-3-8-16-27)41(25)23-24-42-26(2)32(40-38-30-21-13-6-14-22-30)44-34(42)36-28-17-9-4-10-18-28/h3-22,25-26,31-32H,23-24H2,1-2H3. The number of para-hydroxylation sites is 2. The van der Waals surface area contributed by atoms with Crippen LogP contribution in [-0.4, -0.2) is 56.1 Å². The van der Waals surface area contributed by atoms with Crippen LogP contribution in [-0.2, 0) is 0 Å². The van der Waals surface area contributed by atoms with Crippen molar-refractivity contribution in [2.45, 2.75) is 36.7 Å². The number of azo groups is 2. The molecule has 2 fully saturated rings. The van der Waals surface area contributed by atoms with E-state index < -0.39 is 0 Å². The number of thioether (sulfide) groups is 2. The molecule has 0 aliphatic carbocycles. The van der Waals surface area contributed by atoms with Crippen molar-refractivity contribution >= 4 is 56.6 Å². The summed E-state index contributed by atoms with van der Waals surface area (Å²) in [6, 6.07) is 40.1. The normalized spacial score (nSPS) is 24.0. The van der Waals surface area contributed by atoms with Crippen molar-refractivity contribution in [3.63, 3.8) is 0 Å². The maximum absolute atomic E-state index is 5.04. The van der Waals surface area contributed by atoms with E-state index in [-0.39, 0.29) is 22.8 Å². The Labute approximate surface area is 267 Å². The van der Waals surface area contributed by atoms with Crippen LogP contribution < -0.4 is 0 Å². The molecule has 2 aliphatic rings. The lowest BCUT2D eigenvalue weighted by Gasteiger charge is -2.29. The molecule has 0 spiro atoms. The molecule has 10 heteroatoms. The van der Waals surface area contributed by atoms with Crippen molar-refractivity contribution in [3.05, 3.63) is 121 Å². The fourth-order valence-electron chi connectivity index (χ4n) is 4.90. The number of amidine groups is 2. The summed E-state index contributed by atoms with van der Waals surface area (Å²) in [7, 11) is 0. The summed E-state index contributed by atoms with van der Waals surface area (Å²) in [5, 5.41) is 20.3. The van der Waals surface area contributed by atoms with Crippen LogP contribution in [0.5, 0.6) is 0 Å². The van der Waals surface area contributed by atoms with Gasteiger partial charge >= 0.3 is 0 Å². The zero-order valence-electron chi connectivity index (χ0n) is 24.7. The van der Waals surface area contributed by atoms with Crippen LogP contribution in [0, 0.1) is 0 Å². The number of hydrogen-bond donors (Lipinski definition) is 0. The monoisotopic (exact) mass is 618 g/mol. The molecule has 8 nitrogen and oxygen atoms in total. The van der Waals surface area contributed by atoms with Gasteiger partial charge in [-0.3, -0.25) is 0 Å². The first kappa shape index (κ1) is 29.8. The fourth-order valence-corrected chi connectivity index (χ4v) is 7.31. The summed E-state index contributed by atoms with van der Waals surface area (Å²) in [5.74, 6) is 0. The van der Waals surface area contributed by atoms with Gasteiger partial charge in [0.25, 0.3) is 0 Å². The second-order valence-electron chi connectivity index (χ2n) is 10.4. The Hall–Kier alpha value is -4.28. The highest BCUT2D eigenvalue weighted by atomic mass is 32.2. The van der Waals surface area contributed by atoms with Crippen LogP contribution in [0.2, 0.25) is 0 Å². The minimum absolute atomic E-state index is 0.0760. The lowest BCUT2D eigenvalue weighted by atomic mass is 10.2. The van der Waals surface area contributed by atoms with E-state index in [2.05, 4.69) is 33.9 Å². The lowest BCUT2D eigenvalue weighted by molar-refractivity contribution is 0.271. The summed E-state index contributed by atoms with van der Waals surface area (Å²) in [5.41, 5.74) is 3.54. The summed E-state index contributed by atoms with van der Waals surface area (Å²) >= 11 is 3.32. The van der Waals surface area contributed by atoms with Gasteiger partial charge in [0, 0.05) is 13.1 Å². The van der Waals surface area contributed by atoms with Crippen molar-refractivity contribution in [2.75, 3.05) is 13.1 Å². The van der Waals surface area contributed by atoms with E-state index in [1.165, 1.54) is 0 Å².